The van der Waals surface area contributed by atoms with E-state index >= 15 is 0 Å². The summed E-state index contributed by atoms with van der Waals surface area (Å²) < 4.78 is 5.68. The van der Waals surface area contributed by atoms with Gasteiger partial charge in [0.25, 0.3) is 0 Å². The lowest BCUT2D eigenvalue weighted by Crippen LogP contribution is -2.55. The Morgan fingerprint density at radius 2 is 2.32 bits per heavy atom. The minimum atomic E-state index is -0.150. The smallest absolute Gasteiger partial charge is 0.230 e. The number of morpholine rings is 1. The topological polar surface area (TPSA) is 41.6 Å². The predicted octanol–water partition coefficient (Wildman–Crippen LogP) is 1.79. The van der Waals surface area contributed by atoms with Crippen molar-refractivity contribution >= 4 is 5.91 Å². The average Bonchev–Trinajstić information content (AvgIpc) is 2.48. The Morgan fingerprint density at radius 3 is 2.95 bits per heavy atom. The number of amides is 1. The van der Waals surface area contributed by atoms with Crippen molar-refractivity contribution in [1.82, 2.24) is 10.2 Å². The van der Waals surface area contributed by atoms with Crippen LogP contribution in [-0.2, 0) is 9.53 Å². The van der Waals surface area contributed by atoms with E-state index in [9.17, 15) is 4.79 Å². The van der Waals surface area contributed by atoms with Crippen LogP contribution in [0.4, 0.5) is 0 Å². The van der Waals surface area contributed by atoms with E-state index in [1.165, 1.54) is 0 Å². The van der Waals surface area contributed by atoms with Gasteiger partial charge >= 0.3 is 0 Å². The Kier molecular flexibility index (Phi) is 5.22. The van der Waals surface area contributed by atoms with Crippen molar-refractivity contribution in [2.75, 3.05) is 32.8 Å². The van der Waals surface area contributed by atoms with E-state index in [1.807, 2.05) is 0 Å². The summed E-state index contributed by atoms with van der Waals surface area (Å²) in [6, 6.07) is 0. The van der Waals surface area contributed by atoms with Crippen molar-refractivity contribution in [3.05, 3.63) is 0 Å². The van der Waals surface area contributed by atoms with Crippen LogP contribution < -0.4 is 5.32 Å². The lowest BCUT2D eigenvalue weighted by molar-refractivity contribution is -0.151. The molecular weight excluding hydrogens is 240 g/mol. The van der Waals surface area contributed by atoms with Gasteiger partial charge in [0, 0.05) is 19.6 Å². The molecule has 2 aliphatic heterocycles. The molecule has 2 fully saturated rings. The molecule has 2 unspecified atom stereocenters. The maximum atomic E-state index is 13.0. The van der Waals surface area contributed by atoms with Crippen molar-refractivity contribution in [2.45, 2.75) is 52.1 Å². The molecule has 0 aromatic carbocycles. The summed E-state index contributed by atoms with van der Waals surface area (Å²) in [5, 5.41) is 3.43. The first kappa shape index (κ1) is 14.8. The quantitative estimate of drug-likeness (QED) is 0.845. The molecule has 110 valence electrons. The second kappa shape index (κ2) is 6.71. The predicted molar refractivity (Wildman–Crippen MR) is 76.1 cm³/mol. The van der Waals surface area contributed by atoms with Gasteiger partial charge in [0.2, 0.25) is 5.91 Å². The van der Waals surface area contributed by atoms with Gasteiger partial charge in [0.15, 0.2) is 0 Å². The fourth-order valence-corrected chi connectivity index (χ4v) is 3.44. The molecule has 1 N–H and O–H groups in total. The van der Waals surface area contributed by atoms with E-state index in [0.717, 1.165) is 58.3 Å². The lowest BCUT2D eigenvalue weighted by atomic mass is 9.75. The summed E-state index contributed by atoms with van der Waals surface area (Å²) in [6.07, 6.45) is 5.46. The van der Waals surface area contributed by atoms with Crippen molar-refractivity contribution in [1.29, 1.82) is 0 Å². The minimum Gasteiger partial charge on any atom is -0.375 e. The largest absolute Gasteiger partial charge is 0.375 e. The second-order valence-electron chi connectivity index (χ2n) is 5.96. The number of carbonyl (C=O) groups is 1. The van der Waals surface area contributed by atoms with Crippen LogP contribution in [0.5, 0.6) is 0 Å². The van der Waals surface area contributed by atoms with Crippen molar-refractivity contribution in [2.24, 2.45) is 5.41 Å². The zero-order valence-electron chi connectivity index (χ0n) is 12.4. The SMILES string of the molecule is CCCC1(C(=O)N2CCOC(CC)C2)CCCNC1. The van der Waals surface area contributed by atoms with Gasteiger partial charge in [-0.05, 0) is 32.2 Å². The zero-order chi connectivity index (χ0) is 13.7. The van der Waals surface area contributed by atoms with Gasteiger partial charge in [-0.25, -0.2) is 0 Å². The maximum absolute atomic E-state index is 13.0. The third-order valence-corrected chi connectivity index (χ3v) is 4.54. The molecule has 2 heterocycles. The molecule has 0 bridgehead atoms. The molecule has 2 rings (SSSR count). The zero-order valence-corrected chi connectivity index (χ0v) is 12.4. The summed E-state index contributed by atoms with van der Waals surface area (Å²) in [6.45, 7) is 8.45. The van der Waals surface area contributed by atoms with E-state index in [-0.39, 0.29) is 11.5 Å². The Bertz CT molecular complexity index is 295. The maximum Gasteiger partial charge on any atom is 0.230 e. The molecule has 0 saturated carbocycles. The number of carbonyl (C=O) groups excluding carboxylic acids is 1. The Balaban J connectivity index is 2.05. The Morgan fingerprint density at radius 1 is 1.47 bits per heavy atom. The number of rotatable bonds is 4. The fraction of sp³-hybridized carbons (Fsp3) is 0.933. The van der Waals surface area contributed by atoms with Gasteiger partial charge in [-0.3, -0.25) is 4.79 Å². The number of nitrogens with zero attached hydrogens (tertiary/aromatic N) is 1. The average molecular weight is 268 g/mol. The van der Waals surface area contributed by atoms with E-state index in [1.54, 1.807) is 0 Å². The first-order valence-electron chi connectivity index (χ1n) is 7.83. The summed E-state index contributed by atoms with van der Waals surface area (Å²) in [5.74, 6) is 0.364. The van der Waals surface area contributed by atoms with E-state index in [0.29, 0.717) is 12.5 Å². The molecule has 1 amide bonds. The van der Waals surface area contributed by atoms with Crippen LogP contribution in [-0.4, -0.2) is 49.7 Å². The summed E-state index contributed by atoms with van der Waals surface area (Å²) in [4.78, 5) is 15.0. The van der Waals surface area contributed by atoms with Crippen molar-refractivity contribution in [3.8, 4) is 0 Å². The van der Waals surface area contributed by atoms with E-state index in [4.69, 9.17) is 4.74 Å². The molecule has 0 aromatic heterocycles. The number of piperidine rings is 1. The molecular formula is C15H28N2O2. The highest BCUT2D eigenvalue weighted by Gasteiger charge is 2.42. The van der Waals surface area contributed by atoms with Crippen LogP contribution in [0.15, 0.2) is 0 Å². The normalized spacial score (nSPS) is 32.3. The number of nitrogens with one attached hydrogen (secondary N) is 1. The highest BCUT2D eigenvalue weighted by atomic mass is 16.5. The molecule has 0 aliphatic carbocycles. The lowest BCUT2D eigenvalue weighted by Gasteiger charge is -2.42. The van der Waals surface area contributed by atoms with Gasteiger partial charge in [-0.15, -0.1) is 0 Å². The molecule has 0 spiro atoms. The molecule has 2 atom stereocenters. The Labute approximate surface area is 116 Å². The molecule has 2 aliphatic rings. The molecule has 0 radical (unpaired) electrons. The van der Waals surface area contributed by atoms with Gasteiger partial charge in [-0.2, -0.15) is 0 Å². The highest BCUT2D eigenvalue weighted by molar-refractivity contribution is 5.83. The van der Waals surface area contributed by atoms with E-state index < -0.39 is 0 Å². The van der Waals surface area contributed by atoms with Gasteiger partial charge < -0.3 is 15.0 Å². The van der Waals surface area contributed by atoms with Crippen LogP contribution in [0.25, 0.3) is 0 Å². The molecule has 19 heavy (non-hydrogen) atoms. The van der Waals surface area contributed by atoms with Crippen LogP contribution >= 0.6 is 0 Å². The van der Waals surface area contributed by atoms with Crippen molar-refractivity contribution < 1.29 is 9.53 Å². The Hall–Kier alpha value is -0.610. The first-order valence-corrected chi connectivity index (χ1v) is 7.83. The number of hydrogen-bond acceptors (Lipinski definition) is 3. The minimum absolute atomic E-state index is 0.150. The number of ether oxygens (including phenoxy) is 1. The first-order chi connectivity index (χ1) is 9.22. The molecule has 2 saturated heterocycles. The van der Waals surface area contributed by atoms with Gasteiger partial charge in [0.1, 0.15) is 0 Å². The molecule has 4 heteroatoms. The van der Waals surface area contributed by atoms with Crippen LogP contribution in [0.1, 0.15) is 46.0 Å². The van der Waals surface area contributed by atoms with Crippen LogP contribution in [0, 0.1) is 5.41 Å². The second-order valence-corrected chi connectivity index (χ2v) is 5.96. The number of hydrogen-bond donors (Lipinski definition) is 1. The standard InChI is InChI=1S/C15H28N2O2/c1-3-6-15(7-5-8-16-12-15)14(18)17-9-10-19-13(4-2)11-17/h13,16H,3-12H2,1-2H3. The van der Waals surface area contributed by atoms with Crippen molar-refractivity contribution in [3.63, 3.8) is 0 Å². The summed E-state index contributed by atoms with van der Waals surface area (Å²) >= 11 is 0. The highest BCUT2D eigenvalue weighted by Crippen LogP contribution is 2.34. The van der Waals surface area contributed by atoms with Crippen LogP contribution in [0.2, 0.25) is 0 Å². The third-order valence-electron chi connectivity index (χ3n) is 4.54. The third kappa shape index (κ3) is 3.29. The summed E-state index contributed by atoms with van der Waals surface area (Å²) in [5.41, 5.74) is -0.150. The molecule has 0 aromatic rings. The molecule has 4 nitrogen and oxygen atoms in total. The fourth-order valence-electron chi connectivity index (χ4n) is 3.44. The van der Waals surface area contributed by atoms with Gasteiger partial charge in [-0.1, -0.05) is 20.3 Å². The monoisotopic (exact) mass is 268 g/mol. The summed E-state index contributed by atoms with van der Waals surface area (Å²) in [7, 11) is 0. The van der Waals surface area contributed by atoms with Crippen LogP contribution in [0.3, 0.4) is 0 Å². The van der Waals surface area contributed by atoms with Gasteiger partial charge in [0.05, 0.1) is 18.1 Å². The van der Waals surface area contributed by atoms with E-state index in [2.05, 4.69) is 24.1 Å².